The second kappa shape index (κ2) is 5.99. The van der Waals surface area contributed by atoms with E-state index >= 15 is 0 Å². The first-order chi connectivity index (χ1) is 8.69. The molecule has 1 aromatic heterocycles. The Morgan fingerprint density at radius 2 is 2.50 bits per heavy atom. The largest absolute Gasteiger partial charge is 0.450 e. The predicted molar refractivity (Wildman–Crippen MR) is 70.0 cm³/mol. The molecule has 2 rings (SSSR count). The molecule has 0 radical (unpaired) electrons. The summed E-state index contributed by atoms with van der Waals surface area (Å²) >= 11 is 1.41. The number of rotatable bonds is 3. The first-order valence-corrected chi connectivity index (χ1v) is 6.95. The zero-order valence-electron chi connectivity index (χ0n) is 10.7. The van der Waals surface area contributed by atoms with Gasteiger partial charge in [0.1, 0.15) is 5.82 Å². The first-order valence-electron chi connectivity index (χ1n) is 6.17. The smallest absolute Gasteiger partial charge is 0.407 e. The fourth-order valence-electron chi connectivity index (χ4n) is 2.02. The van der Waals surface area contributed by atoms with Gasteiger partial charge in [0.25, 0.3) is 0 Å². The summed E-state index contributed by atoms with van der Waals surface area (Å²) in [6.45, 7) is 5.83. The Labute approximate surface area is 111 Å². The highest BCUT2D eigenvalue weighted by molar-refractivity contribution is 7.09. The van der Waals surface area contributed by atoms with Gasteiger partial charge in [-0.2, -0.15) is 4.37 Å². The van der Waals surface area contributed by atoms with Gasteiger partial charge in [0.05, 0.1) is 6.61 Å². The number of piperidine rings is 1. The highest BCUT2D eigenvalue weighted by atomic mass is 32.1. The number of carbonyl (C=O) groups excluding carboxylic acids is 1. The van der Waals surface area contributed by atoms with Crippen LogP contribution < -0.4 is 10.2 Å². The van der Waals surface area contributed by atoms with Crippen LogP contribution in [0.25, 0.3) is 0 Å². The van der Waals surface area contributed by atoms with Gasteiger partial charge in [-0.05, 0) is 26.7 Å². The van der Waals surface area contributed by atoms with Crippen molar-refractivity contribution in [1.29, 1.82) is 0 Å². The quantitative estimate of drug-likeness (QED) is 0.903. The SMILES string of the molecule is CCOC(=O)NC1CCCN(c2nc(C)ns2)C1. The van der Waals surface area contributed by atoms with Crippen molar-refractivity contribution in [3.8, 4) is 0 Å². The van der Waals surface area contributed by atoms with Crippen molar-refractivity contribution in [3.05, 3.63) is 5.82 Å². The second-order valence-corrected chi connectivity index (χ2v) is 5.00. The van der Waals surface area contributed by atoms with E-state index in [2.05, 4.69) is 19.6 Å². The lowest BCUT2D eigenvalue weighted by molar-refractivity contribution is 0.146. The topological polar surface area (TPSA) is 67.3 Å². The normalized spacial score (nSPS) is 19.7. The van der Waals surface area contributed by atoms with E-state index < -0.39 is 0 Å². The molecule has 0 spiro atoms. The van der Waals surface area contributed by atoms with E-state index in [0.717, 1.165) is 36.9 Å². The number of aromatic nitrogens is 2. The van der Waals surface area contributed by atoms with Crippen LogP contribution in [0.3, 0.4) is 0 Å². The minimum atomic E-state index is -0.335. The summed E-state index contributed by atoms with van der Waals surface area (Å²) < 4.78 is 9.08. The Morgan fingerprint density at radius 1 is 1.67 bits per heavy atom. The van der Waals surface area contributed by atoms with Crippen molar-refractivity contribution in [2.45, 2.75) is 32.7 Å². The number of anilines is 1. The molecule has 100 valence electrons. The standard InChI is InChI=1S/C11H18N4O2S/c1-3-17-11(16)13-9-5-4-6-15(7-9)10-12-8(2)14-18-10/h9H,3-7H2,1-2H3,(H,13,16). The number of hydrogen-bond donors (Lipinski definition) is 1. The molecule has 1 aliphatic heterocycles. The summed E-state index contributed by atoms with van der Waals surface area (Å²) in [4.78, 5) is 17.9. The number of carbonyl (C=O) groups is 1. The zero-order valence-corrected chi connectivity index (χ0v) is 11.5. The zero-order chi connectivity index (χ0) is 13.0. The molecule has 1 fully saturated rings. The molecule has 1 N–H and O–H groups in total. The summed E-state index contributed by atoms with van der Waals surface area (Å²) in [7, 11) is 0. The van der Waals surface area contributed by atoms with Crippen LogP contribution in [-0.2, 0) is 4.74 Å². The summed E-state index contributed by atoms with van der Waals surface area (Å²) in [5, 5.41) is 3.81. The van der Waals surface area contributed by atoms with Crippen molar-refractivity contribution in [1.82, 2.24) is 14.7 Å². The van der Waals surface area contributed by atoms with Gasteiger partial charge in [-0.15, -0.1) is 0 Å². The molecule has 2 heterocycles. The van der Waals surface area contributed by atoms with Crippen LogP contribution in [0.5, 0.6) is 0 Å². The maximum Gasteiger partial charge on any atom is 0.407 e. The molecule has 0 bridgehead atoms. The van der Waals surface area contributed by atoms with Gasteiger partial charge in [-0.1, -0.05) is 0 Å². The fraction of sp³-hybridized carbons (Fsp3) is 0.727. The molecule has 1 saturated heterocycles. The Bertz CT molecular complexity index is 410. The highest BCUT2D eigenvalue weighted by Crippen LogP contribution is 2.21. The van der Waals surface area contributed by atoms with Gasteiger partial charge >= 0.3 is 6.09 Å². The minimum Gasteiger partial charge on any atom is -0.450 e. The molecular weight excluding hydrogens is 252 g/mol. The van der Waals surface area contributed by atoms with Crippen LogP contribution in [0.1, 0.15) is 25.6 Å². The summed E-state index contributed by atoms with van der Waals surface area (Å²) in [6.07, 6.45) is 1.68. The van der Waals surface area contributed by atoms with E-state index in [9.17, 15) is 4.79 Å². The Balaban J connectivity index is 1.90. The number of alkyl carbamates (subject to hydrolysis) is 1. The molecule has 18 heavy (non-hydrogen) atoms. The second-order valence-electron chi connectivity index (χ2n) is 4.27. The van der Waals surface area contributed by atoms with E-state index in [-0.39, 0.29) is 12.1 Å². The van der Waals surface area contributed by atoms with Gasteiger partial charge in [-0.25, -0.2) is 9.78 Å². The number of nitrogens with one attached hydrogen (secondary N) is 1. The number of aryl methyl sites for hydroxylation is 1. The van der Waals surface area contributed by atoms with Crippen LogP contribution in [-0.4, -0.2) is 41.2 Å². The van der Waals surface area contributed by atoms with Gasteiger partial charge in [-0.3, -0.25) is 0 Å². The molecule has 1 amide bonds. The van der Waals surface area contributed by atoms with Crippen molar-refractivity contribution in [2.24, 2.45) is 0 Å². The molecule has 7 heteroatoms. The third-order valence-corrected chi connectivity index (χ3v) is 3.67. The van der Waals surface area contributed by atoms with Crippen molar-refractivity contribution in [3.63, 3.8) is 0 Å². The maximum absolute atomic E-state index is 11.4. The third kappa shape index (κ3) is 3.32. The number of ether oxygens (including phenoxy) is 1. The molecule has 1 unspecified atom stereocenters. The van der Waals surface area contributed by atoms with Gasteiger partial charge in [0, 0.05) is 30.7 Å². The average Bonchev–Trinajstić information content (AvgIpc) is 2.76. The molecule has 1 aromatic rings. The number of nitrogens with zero attached hydrogens (tertiary/aromatic N) is 3. The molecule has 0 aliphatic carbocycles. The van der Waals surface area contributed by atoms with Crippen LogP contribution >= 0.6 is 11.5 Å². The molecule has 0 aromatic carbocycles. The average molecular weight is 270 g/mol. The minimum absolute atomic E-state index is 0.127. The maximum atomic E-state index is 11.4. The lowest BCUT2D eigenvalue weighted by Crippen LogP contribution is -2.48. The Kier molecular flexibility index (Phi) is 4.35. The lowest BCUT2D eigenvalue weighted by Gasteiger charge is -2.32. The van der Waals surface area contributed by atoms with Crippen molar-refractivity contribution >= 4 is 22.8 Å². The van der Waals surface area contributed by atoms with E-state index in [1.165, 1.54) is 11.5 Å². The predicted octanol–water partition coefficient (Wildman–Crippen LogP) is 1.56. The molecule has 6 nitrogen and oxygen atoms in total. The fourth-order valence-corrected chi connectivity index (χ4v) is 2.73. The molecular formula is C11H18N4O2S. The van der Waals surface area contributed by atoms with Crippen LogP contribution in [0.15, 0.2) is 0 Å². The number of amides is 1. The summed E-state index contributed by atoms with van der Waals surface area (Å²) in [6, 6.07) is 0.127. The first kappa shape index (κ1) is 13.1. The van der Waals surface area contributed by atoms with Crippen molar-refractivity contribution in [2.75, 3.05) is 24.6 Å². The highest BCUT2D eigenvalue weighted by Gasteiger charge is 2.23. The van der Waals surface area contributed by atoms with E-state index in [1.54, 1.807) is 6.92 Å². The van der Waals surface area contributed by atoms with Gasteiger partial charge in [0.2, 0.25) is 5.13 Å². The van der Waals surface area contributed by atoms with E-state index in [0.29, 0.717) is 6.61 Å². The van der Waals surface area contributed by atoms with Crippen molar-refractivity contribution < 1.29 is 9.53 Å². The molecule has 0 saturated carbocycles. The van der Waals surface area contributed by atoms with E-state index in [4.69, 9.17) is 4.74 Å². The molecule has 1 aliphatic rings. The Morgan fingerprint density at radius 3 is 3.17 bits per heavy atom. The Hall–Kier alpha value is -1.37. The monoisotopic (exact) mass is 270 g/mol. The lowest BCUT2D eigenvalue weighted by atomic mass is 10.1. The number of hydrogen-bond acceptors (Lipinski definition) is 6. The summed E-state index contributed by atoms with van der Waals surface area (Å²) in [5.41, 5.74) is 0. The molecule has 1 atom stereocenters. The van der Waals surface area contributed by atoms with E-state index in [1.807, 2.05) is 6.92 Å². The third-order valence-electron chi connectivity index (χ3n) is 2.81. The van der Waals surface area contributed by atoms with Crippen LogP contribution in [0, 0.1) is 6.92 Å². The van der Waals surface area contributed by atoms with Gasteiger partial charge in [0.15, 0.2) is 0 Å². The van der Waals surface area contributed by atoms with Crippen LogP contribution in [0.2, 0.25) is 0 Å². The van der Waals surface area contributed by atoms with Crippen LogP contribution in [0.4, 0.5) is 9.93 Å². The summed E-state index contributed by atoms with van der Waals surface area (Å²) in [5.74, 6) is 0.801. The van der Waals surface area contributed by atoms with Gasteiger partial charge < -0.3 is 15.0 Å².